The van der Waals surface area contributed by atoms with E-state index >= 15 is 0 Å². The molecule has 1 heterocycles. The number of amides is 1. The first kappa shape index (κ1) is 14.0. The van der Waals surface area contributed by atoms with Crippen molar-refractivity contribution in [3.63, 3.8) is 0 Å². The fourth-order valence-corrected chi connectivity index (χ4v) is 2.96. The van der Waals surface area contributed by atoms with Crippen LogP contribution in [0, 0.1) is 0 Å². The van der Waals surface area contributed by atoms with E-state index in [1.165, 1.54) is 0 Å². The minimum absolute atomic E-state index is 0.414. The number of nitrogens with two attached hydrogens (primary N) is 1. The Morgan fingerprint density at radius 3 is 2.71 bits per heavy atom. The second-order valence-corrected chi connectivity index (χ2v) is 5.95. The van der Waals surface area contributed by atoms with Gasteiger partial charge in [0.15, 0.2) is 5.16 Å². The van der Waals surface area contributed by atoms with Gasteiger partial charge in [0.1, 0.15) is 0 Å². The van der Waals surface area contributed by atoms with E-state index < -0.39 is 5.91 Å². The van der Waals surface area contributed by atoms with Crippen molar-refractivity contribution in [3.05, 3.63) is 58.6 Å². The van der Waals surface area contributed by atoms with Crippen molar-refractivity contribution in [3.8, 4) is 0 Å². The number of fused-ring (bicyclic) bond motifs is 1. The maximum absolute atomic E-state index is 11.0. The highest BCUT2D eigenvalue weighted by atomic mass is 35.5. The molecule has 2 aromatic carbocycles. The summed E-state index contributed by atoms with van der Waals surface area (Å²) in [5, 5.41) is 1.52. The Bertz CT molecular complexity index is 798. The summed E-state index contributed by atoms with van der Waals surface area (Å²) < 4.78 is 0. The van der Waals surface area contributed by atoms with E-state index in [-0.39, 0.29) is 0 Å². The average Bonchev–Trinajstić information content (AvgIpc) is 2.87. The number of benzene rings is 2. The lowest BCUT2D eigenvalue weighted by molar-refractivity contribution is 0.100. The van der Waals surface area contributed by atoms with Crippen LogP contribution in [0.1, 0.15) is 15.9 Å². The van der Waals surface area contributed by atoms with Crippen LogP contribution in [0.5, 0.6) is 0 Å². The summed E-state index contributed by atoms with van der Waals surface area (Å²) >= 11 is 7.54. The molecule has 106 valence electrons. The van der Waals surface area contributed by atoms with Gasteiger partial charge in [-0.1, -0.05) is 35.5 Å². The number of hydrogen-bond donors (Lipinski definition) is 2. The van der Waals surface area contributed by atoms with Crippen LogP contribution in [0.4, 0.5) is 0 Å². The Labute approximate surface area is 130 Å². The number of primary amides is 1. The first-order chi connectivity index (χ1) is 10.1. The topological polar surface area (TPSA) is 71.8 Å². The van der Waals surface area contributed by atoms with Gasteiger partial charge in [0.25, 0.3) is 0 Å². The van der Waals surface area contributed by atoms with Crippen molar-refractivity contribution in [2.75, 3.05) is 0 Å². The molecular formula is C15H12ClN3OS. The average molecular weight is 318 g/mol. The molecule has 0 saturated heterocycles. The number of aromatic nitrogens is 2. The van der Waals surface area contributed by atoms with Crippen LogP contribution in [0.2, 0.25) is 5.02 Å². The van der Waals surface area contributed by atoms with E-state index in [9.17, 15) is 4.79 Å². The number of rotatable bonds is 4. The van der Waals surface area contributed by atoms with Gasteiger partial charge in [-0.2, -0.15) is 0 Å². The van der Waals surface area contributed by atoms with Gasteiger partial charge >= 0.3 is 0 Å². The molecule has 0 bridgehead atoms. The zero-order valence-electron chi connectivity index (χ0n) is 11.0. The summed E-state index contributed by atoms with van der Waals surface area (Å²) in [6.45, 7) is 0. The number of hydrogen-bond acceptors (Lipinski definition) is 3. The van der Waals surface area contributed by atoms with Crippen molar-refractivity contribution >= 4 is 40.3 Å². The van der Waals surface area contributed by atoms with Gasteiger partial charge < -0.3 is 10.7 Å². The largest absolute Gasteiger partial charge is 0.366 e. The lowest BCUT2D eigenvalue weighted by atomic mass is 10.1. The summed E-state index contributed by atoms with van der Waals surface area (Å²) in [5.41, 5.74) is 8.65. The van der Waals surface area contributed by atoms with Crippen molar-refractivity contribution in [1.82, 2.24) is 9.97 Å². The van der Waals surface area contributed by atoms with Crippen molar-refractivity contribution < 1.29 is 4.79 Å². The van der Waals surface area contributed by atoms with Crippen molar-refractivity contribution in [2.24, 2.45) is 5.73 Å². The predicted molar refractivity (Wildman–Crippen MR) is 85.6 cm³/mol. The van der Waals surface area contributed by atoms with Crippen LogP contribution in [0.25, 0.3) is 11.0 Å². The molecule has 0 aliphatic carbocycles. The Kier molecular flexibility index (Phi) is 3.86. The molecule has 0 unspecified atom stereocenters. The number of aromatic amines is 1. The molecule has 1 amide bonds. The van der Waals surface area contributed by atoms with Gasteiger partial charge in [-0.3, -0.25) is 4.79 Å². The number of halogens is 1. The highest BCUT2D eigenvalue weighted by Crippen LogP contribution is 2.24. The van der Waals surface area contributed by atoms with Crippen LogP contribution in [0.3, 0.4) is 0 Å². The van der Waals surface area contributed by atoms with Gasteiger partial charge in [-0.05, 0) is 35.9 Å². The lowest BCUT2D eigenvalue weighted by Crippen LogP contribution is -2.10. The smallest absolute Gasteiger partial charge is 0.248 e. The normalized spacial score (nSPS) is 10.9. The molecule has 0 radical (unpaired) electrons. The molecule has 0 saturated carbocycles. The lowest BCUT2D eigenvalue weighted by Gasteiger charge is -2.00. The molecule has 21 heavy (non-hydrogen) atoms. The number of H-pyrrole nitrogens is 1. The van der Waals surface area contributed by atoms with E-state index in [1.54, 1.807) is 23.9 Å². The summed E-state index contributed by atoms with van der Waals surface area (Å²) in [4.78, 5) is 18.7. The number of thioether (sulfide) groups is 1. The number of nitrogens with one attached hydrogen (secondary N) is 1. The molecular weight excluding hydrogens is 306 g/mol. The van der Waals surface area contributed by atoms with Crippen molar-refractivity contribution in [1.29, 1.82) is 0 Å². The maximum atomic E-state index is 11.0. The number of nitrogens with zero attached hydrogens (tertiary/aromatic N) is 1. The van der Waals surface area contributed by atoms with E-state index in [0.717, 1.165) is 27.5 Å². The van der Waals surface area contributed by atoms with Crippen LogP contribution < -0.4 is 5.73 Å². The second kappa shape index (κ2) is 5.79. The Morgan fingerprint density at radius 1 is 1.24 bits per heavy atom. The SMILES string of the molecule is NC(=O)c1ccc(CSc2nc3ccc(Cl)cc3[nH]2)cc1. The molecule has 0 fully saturated rings. The molecule has 6 heteroatoms. The molecule has 1 aromatic heterocycles. The van der Waals surface area contributed by atoms with Crippen LogP contribution >= 0.6 is 23.4 Å². The summed E-state index contributed by atoms with van der Waals surface area (Å²) in [5.74, 6) is 0.343. The van der Waals surface area contributed by atoms with E-state index in [4.69, 9.17) is 17.3 Å². The van der Waals surface area contributed by atoms with Crippen LogP contribution in [0.15, 0.2) is 47.6 Å². The van der Waals surface area contributed by atoms with Gasteiger partial charge in [0.05, 0.1) is 11.0 Å². The summed E-state index contributed by atoms with van der Waals surface area (Å²) in [6.07, 6.45) is 0. The zero-order chi connectivity index (χ0) is 14.8. The molecule has 4 nitrogen and oxygen atoms in total. The fraction of sp³-hybridized carbons (Fsp3) is 0.0667. The standard InChI is InChI=1S/C15H12ClN3OS/c16-11-5-6-12-13(7-11)19-15(18-12)21-8-9-1-3-10(4-2-9)14(17)20/h1-7H,8H2,(H2,17,20)(H,18,19). The summed E-state index contributed by atoms with van der Waals surface area (Å²) in [7, 11) is 0. The summed E-state index contributed by atoms with van der Waals surface area (Å²) in [6, 6.07) is 12.8. The fourth-order valence-electron chi connectivity index (χ4n) is 1.94. The molecule has 0 aliphatic rings. The zero-order valence-corrected chi connectivity index (χ0v) is 12.5. The number of carbonyl (C=O) groups is 1. The van der Waals surface area contributed by atoms with E-state index in [0.29, 0.717) is 10.6 Å². The number of imidazole rings is 1. The van der Waals surface area contributed by atoms with E-state index in [2.05, 4.69) is 9.97 Å². The van der Waals surface area contributed by atoms with Gasteiger partial charge in [-0.15, -0.1) is 0 Å². The van der Waals surface area contributed by atoms with Gasteiger partial charge in [0, 0.05) is 16.3 Å². The first-order valence-electron chi connectivity index (χ1n) is 6.28. The second-order valence-electron chi connectivity index (χ2n) is 4.55. The van der Waals surface area contributed by atoms with Crippen molar-refractivity contribution in [2.45, 2.75) is 10.9 Å². The van der Waals surface area contributed by atoms with E-state index in [1.807, 2.05) is 30.3 Å². The number of carbonyl (C=O) groups excluding carboxylic acids is 1. The molecule has 3 N–H and O–H groups in total. The Hall–Kier alpha value is -1.98. The molecule has 3 rings (SSSR count). The molecule has 3 aromatic rings. The molecule has 0 aliphatic heterocycles. The Balaban J connectivity index is 1.72. The van der Waals surface area contributed by atoms with Crippen LogP contribution in [-0.4, -0.2) is 15.9 Å². The molecule has 0 spiro atoms. The maximum Gasteiger partial charge on any atom is 0.248 e. The monoisotopic (exact) mass is 317 g/mol. The third-order valence-electron chi connectivity index (χ3n) is 3.04. The minimum atomic E-state index is -0.414. The first-order valence-corrected chi connectivity index (χ1v) is 7.65. The van der Waals surface area contributed by atoms with Gasteiger partial charge in [-0.25, -0.2) is 4.98 Å². The predicted octanol–water partition coefficient (Wildman–Crippen LogP) is 3.61. The highest BCUT2D eigenvalue weighted by Gasteiger charge is 2.05. The minimum Gasteiger partial charge on any atom is -0.366 e. The Morgan fingerprint density at radius 2 is 2.00 bits per heavy atom. The highest BCUT2D eigenvalue weighted by molar-refractivity contribution is 7.98. The van der Waals surface area contributed by atoms with Crippen LogP contribution in [-0.2, 0) is 5.75 Å². The molecule has 0 atom stereocenters. The quantitative estimate of drug-likeness (QED) is 0.722. The third-order valence-corrected chi connectivity index (χ3v) is 4.22. The van der Waals surface area contributed by atoms with Gasteiger partial charge in [0.2, 0.25) is 5.91 Å². The third kappa shape index (κ3) is 3.20.